The van der Waals surface area contributed by atoms with E-state index < -0.39 is 4.92 Å². The Labute approximate surface area is 169 Å². The standard InChI is InChI=1S/C21H23N6O2/c1-4-21-25(22-15-17-5-9-19(10-6-17)24(2)3)13-14-26(21)23-16-18-7-11-20(12-8-18)27(28)29/h5-16H,4H2,1-3H3/q+1. The topological polar surface area (TPSA) is 79.9 Å². The molecule has 1 aromatic heterocycles. The van der Waals surface area contributed by atoms with Gasteiger partial charge < -0.3 is 4.90 Å². The Morgan fingerprint density at radius 3 is 2.28 bits per heavy atom. The van der Waals surface area contributed by atoms with Gasteiger partial charge in [0.2, 0.25) is 0 Å². The molecule has 0 radical (unpaired) electrons. The van der Waals surface area contributed by atoms with E-state index in [0.29, 0.717) is 0 Å². The van der Waals surface area contributed by atoms with Crippen LogP contribution in [0.3, 0.4) is 0 Å². The third-order valence-electron chi connectivity index (χ3n) is 4.37. The third kappa shape index (κ3) is 4.92. The van der Waals surface area contributed by atoms with E-state index in [1.807, 2.05) is 68.8 Å². The van der Waals surface area contributed by atoms with Crippen LogP contribution in [0.5, 0.6) is 0 Å². The van der Waals surface area contributed by atoms with Crippen molar-refractivity contribution in [2.75, 3.05) is 19.0 Å². The number of benzene rings is 2. The molecule has 0 N–H and O–H groups in total. The fourth-order valence-electron chi connectivity index (χ4n) is 2.74. The lowest BCUT2D eigenvalue weighted by Crippen LogP contribution is -2.31. The minimum atomic E-state index is -0.420. The number of hydrogen-bond acceptors (Lipinski definition) is 5. The number of rotatable bonds is 7. The van der Waals surface area contributed by atoms with Crippen LogP contribution in [0.4, 0.5) is 11.4 Å². The first-order valence-corrected chi connectivity index (χ1v) is 9.20. The summed E-state index contributed by atoms with van der Waals surface area (Å²) in [7, 11) is 4.01. The molecule has 0 bridgehead atoms. The molecular formula is C21H23N6O2+. The maximum atomic E-state index is 10.7. The van der Waals surface area contributed by atoms with Gasteiger partial charge in [-0.05, 0) is 35.4 Å². The first-order valence-electron chi connectivity index (χ1n) is 9.20. The van der Waals surface area contributed by atoms with Crippen LogP contribution in [0, 0.1) is 10.1 Å². The number of non-ortho nitro benzene ring substituents is 1. The summed E-state index contributed by atoms with van der Waals surface area (Å²) >= 11 is 0. The molecule has 0 atom stereocenters. The smallest absolute Gasteiger partial charge is 0.307 e. The largest absolute Gasteiger partial charge is 0.378 e. The second-order valence-electron chi connectivity index (χ2n) is 6.58. The molecule has 1 heterocycles. The van der Waals surface area contributed by atoms with Crippen LogP contribution in [0.25, 0.3) is 0 Å². The van der Waals surface area contributed by atoms with Gasteiger partial charge in [0.25, 0.3) is 5.69 Å². The molecule has 0 fully saturated rings. The fourth-order valence-corrected chi connectivity index (χ4v) is 2.74. The van der Waals surface area contributed by atoms with E-state index in [0.717, 1.165) is 29.1 Å². The van der Waals surface area contributed by atoms with Crippen LogP contribution < -0.4 is 9.58 Å². The summed E-state index contributed by atoms with van der Waals surface area (Å²) in [5.41, 5.74) is 2.98. The molecule has 0 saturated heterocycles. The average molecular weight is 391 g/mol. The number of aromatic nitrogens is 2. The number of nitro benzene ring substituents is 1. The Balaban J connectivity index is 1.76. The predicted octanol–water partition coefficient (Wildman–Crippen LogP) is 3.08. The normalized spacial score (nSPS) is 11.4. The highest BCUT2D eigenvalue weighted by atomic mass is 16.6. The molecule has 0 aliphatic carbocycles. The highest BCUT2D eigenvalue weighted by Gasteiger charge is 2.14. The van der Waals surface area contributed by atoms with Crippen molar-refractivity contribution in [2.24, 2.45) is 10.2 Å². The summed E-state index contributed by atoms with van der Waals surface area (Å²) in [6, 6.07) is 14.4. The second-order valence-corrected chi connectivity index (χ2v) is 6.58. The SMILES string of the molecule is CCc1n(N=Cc2ccc(N(C)C)cc2)cc[n+]1N=Cc1ccc([N+](=O)[O-])cc1. The molecule has 3 aromatic rings. The van der Waals surface area contributed by atoms with Gasteiger partial charge in [-0.1, -0.05) is 29.3 Å². The van der Waals surface area contributed by atoms with E-state index in [1.54, 1.807) is 27.7 Å². The maximum absolute atomic E-state index is 10.7. The van der Waals surface area contributed by atoms with E-state index in [1.165, 1.54) is 12.1 Å². The van der Waals surface area contributed by atoms with Crippen molar-refractivity contribution in [1.82, 2.24) is 4.68 Å². The average Bonchev–Trinajstić information content (AvgIpc) is 3.13. The van der Waals surface area contributed by atoms with Crippen molar-refractivity contribution in [3.63, 3.8) is 0 Å². The van der Waals surface area contributed by atoms with E-state index in [-0.39, 0.29) is 5.69 Å². The van der Waals surface area contributed by atoms with Gasteiger partial charge in [-0.2, -0.15) is 0 Å². The quantitative estimate of drug-likeness (QED) is 0.269. The molecular weight excluding hydrogens is 368 g/mol. The Morgan fingerprint density at radius 1 is 1.07 bits per heavy atom. The molecule has 2 aromatic carbocycles. The highest BCUT2D eigenvalue weighted by molar-refractivity contribution is 5.80. The molecule has 0 amide bonds. The van der Waals surface area contributed by atoms with Gasteiger partial charge in [0.1, 0.15) is 0 Å². The summed E-state index contributed by atoms with van der Waals surface area (Å²) in [5, 5.41) is 19.7. The summed E-state index contributed by atoms with van der Waals surface area (Å²) in [6.07, 6.45) is 7.88. The molecule has 8 heteroatoms. The molecule has 8 nitrogen and oxygen atoms in total. The fraction of sp³-hybridized carbons (Fsp3) is 0.190. The summed E-state index contributed by atoms with van der Waals surface area (Å²) in [5.74, 6) is 0.907. The monoisotopic (exact) mass is 391 g/mol. The summed E-state index contributed by atoms with van der Waals surface area (Å²) < 4.78 is 3.53. The van der Waals surface area contributed by atoms with Gasteiger partial charge in [0, 0.05) is 31.9 Å². The van der Waals surface area contributed by atoms with Crippen molar-refractivity contribution in [1.29, 1.82) is 0 Å². The number of nitro groups is 1. The van der Waals surface area contributed by atoms with Crippen molar-refractivity contribution in [3.05, 3.63) is 88.0 Å². The Bertz CT molecular complexity index is 1030. The lowest BCUT2D eigenvalue weighted by Gasteiger charge is -2.11. The number of hydrogen-bond donors (Lipinski definition) is 0. The molecule has 0 aliphatic rings. The van der Waals surface area contributed by atoms with Gasteiger partial charge in [0.05, 0.1) is 23.8 Å². The van der Waals surface area contributed by atoms with Crippen LogP contribution in [-0.4, -0.2) is 36.1 Å². The lowest BCUT2D eigenvalue weighted by molar-refractivity contribution is -0.685. The van der Waals surface area contributed by atoms with Crippen molar-refractivity contribution >= 4 is 23.8 Å². The second kappa shape index (κ2) is 8.92. The molecule has 0 aliphatic heterocycles. The Hall–Kier alpha value is -3.81. The van der Waals surface area contributed by atoms with Crippen LogP contribution >= 0.6 is 0 Å². The zero-order valence-corrected chi connectivity index (χ0v) is 16.6. The summed E-state index contributed by atoms with van der Waals surface area (Å²) in [6.45, 7) is 2.03. The minimum absolute atomic E-state index is 0.0585. The van der Waals surface area contributed by atoms with E-state index >= 15 is 0 Å². The van der Waals surface area contributed by atoms with Gasteiger partial charge in [-0.3, -0.25) is 10.1 Å². The molecule has 0 spiro atoms. The minimum Gasteiger partial charge on any atom is -0.378 e. The third-order valence-corrected chi connectivity index (χ3v) is 4.37. The van der Waals surface area contributed by atoms with Crippen LogP contribution in [0.15, 0.2) is 71.1 Å². The van der Waals surface area contributed by atoms with Crippen LogP contribution in [-0.2, 0) is 6.42 Å². The van der Waals surface area contributed by atoms with Crippen LogP contribution in [0.1, 0.15) is 23.9 Å². The van der Waals surface area contributed by atoms with E-state index in [4.69, 9.17) is 0 Å². The van der Waals surface area contributed by atoms with Gasteiger partial charge in [0.15, 0.2) is 12.4 Å². The van der Waals surface area contributed by atoms with Gasteiger partial charge in [-0.25, -0.2) is 0 Å². The molecule has 0 unspecified atom stereocenters. The zero-order chi connectivity index (χ0) is 20.8. The van der Waals surface area contributed by atoms with Crippen LogP contribution in [0.2, 0.25) is 0 Å². The van der Waals surface area contributed by atoms with E-state index in [9.17, 15) is 10.1 Å². The highest BCUT2D eigenvalue weighted by Crippen LogP contribution is 2.12. The van der Waals surface area contributed by atoms with Gasteiger partial charge in [-0.15, -0.1) is 9.35 Å². The van der Waals surface area contributed by atoms with Crippen molar-refractivity contribution in [3.8, 4) is 0 Å². The number of anilines is 1. The molecule has 29 heavy (non-hydrogen) atoms. The Kier molecular flexibility index (Phi) is 6.13. The first-order chi connectivity index (χ1) is 14.0. The Morgan fingerprint density at radius 2 is 1.69 bits per heavy atom. The van der Waals surface area contributed by atoms with Crippen molar-refractivity contribution < 1.29 is 9.60 Å². The molecule has 0 saturated carbocycles. The number of nitrogens with zero attached hydrogens (tertiary/aromatic N) is 6. The van der Waals surface area contributed by atoms with Crippen molar-refractivity contribution in [2.45, 2.75) is 13.3 Å². The zero-order valence-electron chi connectivity index (χ0n) is 16.6. The lowest BCUT2D eigenvalue weighted by atomic mass is 10.2. The predicted molar refractivity (Wildman–Crippen MR) is 114 cm³/mol. The first kappa shape index (κ1) is 19.9. The van der Waals surface area contributed by atoms with E-state index in [2.05, 4.69) is 10.2 Å². The number of imidazole rings is 1. The van der Waals surface area contributed by atoms with Gasteiger partial charge >= 0.3 is 5.82 Å². The summed E-state index contributed by atoms with van der Waals surface area (Å²) in [4.78, 5) is 12.4. The molecule has 148 valence electrons. The maximum Gasteiger partial charge on any atom is 0.307 e. The molecule has 3 rings (SSSR count).